The third-order valence-corrected chi connectivity index (χ3v) is 3.50. The van der Waals surface area contributed by atoms with Crippen molar-refractivity contribution in [3.05, 3.63) is 29.3 Å². The van der Waals surface area contributed by atoms with Crippen LogP contribution in [0, 0.1) is 5.41 Å². The third-order valence-electron chi connectivity index (χ3n) is 2.34. The zero-order chi connectivity index (χ0) is 13.5. The zero-order valence-electron chi connectivity index (χ0n) is 10.2. The van der Waals surface area contributed by atoms with Gasteiger partial charge in [-0.05, 0) is 17.7 Å². The van der Waals surface area contributed by atoms with Crippen LogP contribution in [0.25, 0.3) is 0 Å². The van der Waals surface area contributed by atoms with Crippen molar-refractivity contribution in [2.24, 2.45) is 5.73 Å². The third kappa shape index (κ3) is 4.21. The molecule has 0 aliphatic heterocycles. The molecule has 1 aromatic carbocycles. The van der Waals surface area contributed by atoms with E-state index in [1.165, 1.54) is 18.9 Å². The Bertz CT molecular complexity index is 412. The van der Waals surface area contributed by atoms with E-state index in [-0.39, 0.29) is 12.4 Å². The standard InChI is InChI=1S/C12H18N2O3S/c1-17-11-3-2-8(4-10(11)12(13)14)6-18-7-9(16)5-15/h2-4,9,15-16H,5-7H2,1H3,(H3,13,14). The molecule has 0 saturated heterocycles. The highest BCUT2D eigenvalue weighted by Gasteiger charge is 2.08. The lowest BCUT2D eigenvalue weighted by Gasteiger charge is -2.10. The number of hydrogen-bond acceptors (Lipinski definition) is 5. The lowest BCUT2D eigenvalue weighted by atomic mass is 10.1. The molecule has 1 aromatic rings. The first-order chi connectivity index (χ1) is 8.58. The van der Waals surface area contributed by atoms with Crippen LogP contribution < -0.4 is 10.5 Å². The number of hydrogen-bond donors (Lipinski definition) is 4. The maximum absolute atomic E-state index is 9.22. The molecule has 6 heteroatoms. The number of nitrogens with two attached hydrogens (primary N) is 1. The second kappa shape index (κ2) is 7.25. The van der Waals surface area contributed by atoms with Crippen LogP contribution in [0.1, 0.15) is 11.1 Å². The van der Waals surface area contributed by atoms with Gasteiger partial charge in [0.25, 0.3) is 0 Å². The Balaban J connectivity index is 2.67. The van der Waals surface area contributed by atoms with Crippen molar-refractivity contribution in [1.82, 2.24) is 0 Å². The van der Waals surface area contributed by atoms with Gasteiger partial charge in [0.15, 0.2) is 0 Å². The van der Waals surface area contributed by atoms with Gasteiger partial charge in [-0.25, -0.2) is 0 Å². The summed E-state index contributed by atoms with van der Waals surface area (Å²) in [6, 6.07) is 5.47. The Kier molecular flexibility index (Phi) is 5.97. The molecule has 0 bridgehead atoms. The van der Waals surface area contributed by atoms with Crippen molar-refractivity contribution in [2.75, 3.05) is 19.5 Å². The van der Waals surface area contributed by atoms with Crippen molar-refractivity contribution in [2.45, 2.75) is 11.9 Å². The number of methoxy groups -OCH3 is 1. The number of ether oxygens (including phenoxy) is 1. The van der Waals surface area contributed by atoms with Crippen molar-refractivity contribution >= 4 is 17.6 Å². The van der Waals surface area contributed by atoms with Gasteiger partial charge in [-0.15, -0.1) is 0 Å². The first kappa shape index (κ1) is 14.8. The predicted octanol–water partition coefficient (Wildman–Crippen LogP) is 0.566. The highest BCUT2D eigenvalue weighted by molar-refractivity contribution is 7.98. The fraction of sp³-hybridized carbons (Fsp3) is 0.417. The highest BCUT2D eigenvalue weighted by atomic mass is 32.2. The zero-order valence-corrected chi connectivity index (χ0v) is 11.0. The van der Waals surface area contributed by atoms with Crippen LogP contribution in [-0.4, -0.2) is 41.6 Å². The van der Waals surface area contributed by atoms with Crippen molar-refractivity contribution in [3.63, 3.8) is 0 Å². The van der Waals surface area contributed by atoms with E-state index >= 15 is 0 Å². The molecule has 1 atom stereocenters. The number of thioether (sulfide) groups is 1. The van der Waals surface area contributed by atoms with Crippen LogP contribution in [0.2, 0.25) is 0 Å². The second-order valence-corrected chi connectivity index (χ2v) is 4.83. The summed E-state index contributed by atoms with van der Waals surface area (Å²) in [5, 5.41) is 25.4. The molecule has 0 heterocycles. The van der Waals surface area contributed by atoms with Crippen molar-refractivity contribution in [3.8, 4) is 5.75 Å². The van der Waals surface area contributed by atoms with Crippen molar-refractivity contribution < 1.29 is 14.9 Å². The van der Waals surface area contributed by atoms with Crippen molar-refractivity contribution in [1.29, 1.82) is 5.41 Å². The second-order valence-electron chi connectivity index (χ2n) is 3.80. The Morgan fingerprint density at radius 2 is 2.28 bits per heavy atom. The smallest absolute Gasteiger partial charge is 0.129 e. The van der Waals surface area contributed by atoms with Crippen LogP contribution >= 0.6 is 11.8 Å². The maximum Gasteiger partial charge on any atom is 0.129 e. The lowest BCUT2D eigenvalue weighted by Crippen LogP contribution is -2.15. The number of rotatable bonds is 7. The van der Waals surface area contributed by atoms with Gasteiger partial charge < -0.3 is 20.7 Å². The summed E-state index contributed by atoms with van der Waals surface area (Å²) in [6.45, 7) is -0.228. The van der Waals surface area contributed by atoms with Gasteiger partial charge in [0.1, 0.15) is 11.6 Å². The summed E-state index contributed by atoms with van der Waals surface area (Å²) in [7, 11) is 1.54. The molecule has 5 N–H and O–H groups in total. The SMILES string of the molecule is COc1ccc(CSCC(O)CO)cc1C(=N)N. The molecule has 0 amide bonds. The number of aliphatic hydroxyl groups is 2. The van der Waals surface area contributed by atoms with Crippen LogP contribution in [0.15, 0.2) is 18.2 Å². The fourth-order valence-electron chi connectivity index (χ4n) is 1.42. The maximum atomic E-state index is 9.22. The molecule has 5 nitrogen and oxygen atoms in total. The molecule has 0 aromatic heterocycles. The van der Waals surface area contributed by atoms with Gasteiger partial charge >= 0.3 is 0 Å². The van der Waals surface area contributed by atoms with E-state index in [1.54, 1.807) is 12.1 Å². The van der Waals surface area contributed by atoms with Crippen LogP contribution in [0.4, 0.5) is 0 Å². The van der Waals surface area contributed by atoms with Gasteiger partial charge in [0, 0.05) is 11.5 Å². The molecular weight excluding hydrogens is 252 g/mol. The van der Waals surface area contributed by atoms with E-state index in [1.807, 2.05) is 6.07 Å². The van der Waals surface area contributed by atoms with E-state index in [4.69, 9.17) is 21.0 Å². The quantitative estimate of drug-likeness (QED) is 0.429. The number of nitrogen functional groups attached to an aromatic ring is 1. The van der Waals surface area contributed by atoms with Gasteiger partial charge in [0.2, 0.25) is 0 Å². The van der Waals surface area contributed by atoms with Gasteiger partial charge in [-0.1, -0.05) is 6.07 Å². The molecule has 0 radical (unpaired) electrons. The normalized spacial score (nSPS) is 12.2. The summed E-state index contributed by atoms with van der Waals surface area (Å²) in [4.78, 5) is 0. The van der Waals surface area contributed by atoms with Gasteiger partial charge in [0.05, 0.1) is 25.4 Å². The Hall–Kier alpha value is -1.24. The summed E-state index contributed by atoms with van der Waals surface area (Å²) in [5.74, 6) is 1.69. The molecule has 0 fully saturated rings. The molecule has 0 spiro atoms. The van der Waals surface area contributed by atoms with Crippen LogP contribution in [0.5, 0.6) is 5.75 Å². The Morgan fingerprint density at radius 3 is 2.83 bits per heavy atom. The van der Waals surface area contributed by atoms with E-state index in [2.05, 4.69) is 0 Å². The molecule has 1 unspecified atom stereocenters. The van der Waals surface area contributed by atoms with Gasteiger partial charge in [-0.2, -0.15) is 11.8 Å². The topological polar surface area (TPSA) is 99.6 Å². The first-order valence-electron chi connectivity index (χ1n) is 5.46. The van der Waals surface area contributed by atoms with E-state index < -0.39 is 6.10 Å². The number of nitrogens with one attached hydrogen (secondary N) is 1. The number of amidine groups is 1. The average molecular weight is 270 g/mol. The lowest BCUT2D eigenvalue weighted by molar-refractivity contribution is 0.113. The molecule has 18 heavy (non-hydrogen) atoms. The minimum atomic E-state index is -0.694. The monoisotopic (exact) mass is 270 g/mol. The minimum absolute atomic E-state index is 0.0332. The Morgan fingerprint density at radius 1 is 1.56 bits per heavy atom. The first-order valence-corrected chi connectivity index (χ1v) is 6.62. The van der Waals surface area contributed by atoms with Gasteiger partial charge in [-0.3, -0.25) is 5.41 Å². The van der Waals surface area contributed by atoms with E-state index in [0.717, 1.165) is 5.56 Å². The van der Waals surface area contributed by atoms with E-state index in [0.29, 0.717) is 22.8 Å². The summed E-state index contributed by atoms with van der Waals surface area (Å²) in [6.07, 6.45) is -0.694. The molecular formula is C12H18N2O3S. The molecule has 0 aliphatic rings. The molecule has 0 aliphatic carbocycles. The molecule has 100 valence electrons. The molecule has 1 rings (SSSR count). The predicted molar refractivity (Wildman–Crippen MR) is 73.3 cm³/mol. The Labute approximate surface area is 110 Å². The van der Waals surface area contributed by atoms with Crippen LogP contribution in [0.3, 0.4) is 0 Å². The number of benzene rings is 1. The summed E-state index contributed by atoms with van der Waals surface area (Å²) >= 11 is 1.51. The number of aliphatic hydroxyl groups excluding tert-OH is 2. The van der Waals surface area contributed by atoms with Crippen LogP contribution in [-0.2, 0) is 5.75 Å². The summed E-state index contributed by atoms with van der Waals surface area (Å²) < 4.78 is 5.12. The largest absolute Gasteiger partial charge is 0.496 e. The fourth-order valence-corrected chi connectivity index (χ4v) is 2.33. The summed E-state index contributed by atoms with van der Waals surface area (Å²) in [5.41, 5.74) is 7.05. The minimum Gasteiger partial charge on any atom is -0.496 e. The van der Waals surface area contributed by atoms with E-state index in [9.17, 15) is 5.11 Å². The average Bonchev–Trinajstić information content (AvgIpc) is 2.38. The highest BCUT2D eigenvalue weighted by Crippen LogP contribution is 2.22. The molecule has 0 saturated carbocycles.